The lowest BCUT2D eigenvalue weighted by atomic mass is 10.0. The van der Waals surface area contributed by atoms with Crippen molar-refractivity contribution < 1.29 is 9.90 Å². The van der Waals surface area contributed by atoms with Gasteiger partial charge in [0.2, 0.25) is 0 Å². The van der Waals surface area contributed by atoms with E-state index < -0.39 is 6.09 Å². The summed E-state index contributed by atoms with van der Waals surface area (Å²) in [5.41, 5.74) is 4.65. The van der Waals surface area contributed by atoms with Gasteiger partial charge in [-0.3, -0.25) is 0 Å². The maximum atomic E-state index is 11.6. The van der Waals surface area contributed by atoms with Gasteiger partial charge in [0.15, 0.2) is 0 Å². The predicted molar refractivity (Wildman–Crippen MR) is 131 cm³/mol. The number of nitrogens with zero attached hydrogens (tertiary/aromatic N) is 6. The fraction of sp³-hybridized carbons (Fsp3) is 0.385. The van der Waals surface area contributed by atoms with Crippen LogP contribution in [0.4, 0.5) is 16.3 Å². The van der Waals surface area contributed by atoms with Gasteiger partial charge in [0, 0.05) is 42.8 Å². The largest absolute Gasteiger partial charge is 0.465 e. The summed E-state index contributed by atoms with van der Waals surface area (Å²) in [5.74, 6) is 0.883. The Morgan fingerprint density at radius 3 is 2.76 bits per heavy atom. The molecule has 0 spiro atoms. The van der Waals surface area contributed by atoms with Crippen LogP contribution < -0.4 is 9.80 Å². The number of benzene rings is 2. The van der Waals surface area contributed by atoms with Gasteiger partial charge >= 0.3 is 6.09 Å². The van der Waals surface area contributed by atoms with Crippen molar-refractivity contribution in [2.75, 3.05) is 36.0 Å². The maximum Gasteiger partial charge on any atom is 0.407 e. The second kappa shape index (κ2) is 9.18. The molecule has 1 N–H and O–H groups in total. The first-order valence-electron chi connectivity index (χ1n) is 11.7. The molecule has 1 saturated heterocycles. The Labute approximate surface area is 199 Å². The molecule has 3 aromatic rings. The number of aromatic nitrogens is 2. The Hall–Kier alpha value is -3.86. The number of nitriles is 1. The highest BCUT2D eigenvalue weighted by Crippen LogP contribution is 2.34. The molecule has 0 bridgehead atoms. The van der Waals surface area contributed by atoms with Crippen LogP contribution in [0.3, 0.4) is 0 Å². The third-order valence-electron chi connectivity index (χ3n) is 6.99. The van der Waals surface area contributed by atoms with Crippen molar-refractivity contribution in [3.8, 4) is 6.07 Å². The Morgan fingerprint density at radius 1 is 1.15 bits per heavy atom. The number of hydrogen-bond donors (Lipinski definition) is 1. The number of carbonyl (C=O) groups is 1. The summed E-state index contributed by atoms with van der Waals surface area (Å²) in [6, 6.07) is 14.7. The predicted octanol–water partition coefficient (Wildman–Crippen LogP) is 3.97. The monoisotopic (exact) mass is 456 g/mol. The zero-order valence-electron chi connectivity index (χ0n) is 19.3. The highest BCUT2D eigenvalue weighted by molar-refractivity contribution is 5.96. The van der Waals surface area contributed by atoms with Crippen LogP contribution in [0.2, 0.25) is 0 Å². The molecular weight excluding hydrogens is 428 g/mol. The van der Waals surface area contributed by atoms with Crippen LogP contribution >= 0.6 is 0 Å². The van der Waals surface area contributed by atoms with Gasteiger partial charge < -0.3 is 19.8 Å². The van der Waals surface area contributed by atoms with E-state index in [9.17, 15) is 15.2 Å². The lowest BCUT2D eigenvalue weighted by molar-refractivity contribution is 0.119. The molecular formula is C26H28N6O2. The quantitative estimate of drug-likeness (QED) is 0.637. The van der Waals surface area contributed by atoms with Crippen LogP contribution in [0.15, 0.2) is 42.7 Å². The van der Waals surface area contributed by atoms with E-state index in [4.69, 9.17) is 0 Å². The Morgan fingerprint density at radius 2 is 1.97 bits per heavy atom. The summed E-state index contributed by atoms with van der Waals surface area (Å²) in [5, 5.41) is 21.3. The molecule has 0 unspecified atom stereocenters. The molecule has 1 amide bonds. The number of fused-ring (bicyclic) bond motifs is 2. The molecule has 5 rings (SSSR count). The summed E-state index contributed by atoms with van der Waals surface area (Å²) >= 11 is 0. The van der Waals surface area contributed by atoms with Gasteiger partial charge in [-0.15, -0.1) is 0 Å². The zero-order chi connectivity index (χ0) is 23.7. The molecule has 0 aliphatic carbocycles. The fourth-order valence-corrected chi connectivity index (χ4v) is 5.36. The fourth-order valence-electron chi connectivity index (χ4n) is 5.36. The summed E-state index contributed by atoms with van der Waals surface area (Å²) < 4.78 is 0. The van der Waals surface area contributed by atoms with Crippen molar-refractivity contribution in [1.29, 1.82) is 5.26 Å². The summed E-state index contributed by atoms with van der Waals surface area (Å²) in [6.45, 7) is 5.18. The molecule has 34 heavy (non-hydrogen) atoms. The highest BCUT2D eigenvalue weighted by atomic mass is 16.4. The smallest absolute Gasteiger partial charge is 0.407 e. The van der Waals surface area contributed by atoms with Gasteiger partial charge in [-0.1, -0.05) is 30.3 Å². The lowest BCUT2D eigenvalue weighted by Gasteiger charge is -2.40. The minimum atomic E-state index is -0.970. The summed E-state index contributed by atoms with van der Waals surface area (Å²) in [7, 11) is 0. The first kappa shape index (κ1) is 22.0. The molecule has 8 heteroatoms. The molecule has 1 atom stereocenters. The third kappa shape index (κ3) is 3.98. The Balaban J connectivity index is 1.46. The van der Waals surface area contributed by atoms with E-state index in [1.165, 1.54) is 26.9 Å². The molecule has 2 aliphatic rings. The highest BCUT2D eigenvalue weighted by Gasteiger charge is 2.32. The third-order valence-corrected chi connectivity index (χ3v) is 6.99. The molecule has 0 radical (unpaired) electrons. The van der Waals surface area contributed by atoms with E-state index >= 15 is 0 Å². The van der Waals surface area contributed by atoms with E-state index in [0.29, 0.717) is 26.2 Å². The number of anilines is 2. The molecule has 2 aliphatic heterocycles. The van der Waals surface area contributed by atoms with Crippen molar-refractivity contribution >= 4 is 28.4 Å². The SMILES string of the molecule is Cc1cccc2cccc(N3CCCc4c(ncnc4N4CCN(C(=O)O)[C@@H](CC#N)C4)C3)c12. The van der Waals surface area contributed by atoms with Crippen LogP contribution in [-0.2, 0) is 13.0 Å². The normalized spacial score (nSPS) is 18.4. The van der Waals surface area contributed by atoms with Gasteiger partial charge in [-0.05, 0) is 36.8 Å². The number of rotatable bonds is 3. The number of aryl methyl sites for hydroxylation is 1. The van der Waals surface area contributed by atoms with Crippen LogP contribution in [-0.4, -0.2) is 58.3 Å². The van der Waals surface area contributed by atoms with Crippen LogP contribution in [0.5, 0.6) is 0 Å². The van der Waals surface area contributed by atoms with E-state index in [0.717, 1.165) is 36.5 Å². The zero-order valence-corrected chi connectivity index (χ0v) is 19.3. The average Bonchev–Trinajstić information content (AvgIpc) is 3.06. The van der Waals surface area contributed by atoms with Gasteiger partial charge in [0.25, 0.3) is 0 Å². The van der Waals surface area contributed by atoms with Crippen LogP contribution in [0, 0.1) is 18.3 Å². The van der Waals surface area contributed by atoms with Crippen molar-refractivity contribution in [2.24, 2.45) is 0 Å². The number of hydrogen-bond acceptors (Lipinski definition) is 6. The first-order chi connectivity index (χ1) is 16.6. The topological polar surface area (TPSA) is 96.6 Å². The minimum Gasteiger partial charge on any atom is -0.465 e. The van der Waals surface area contributed by atoms with Crippen molar-refractivity contribution in [3.05, 3.63) is 59.5 Å². The number of piperazine rings is 1. The van der Waals surface area contributed by atoms with Gasteiger partial charge in [-0.2, -0.15) is 5.26 Å². The summed E-state index contributed by atoms with van der Waals surface area (Å²) in [4.78, 5) is 26.9. The van der Waals surface area contributed by atoms with E-state index in [2.05, 4.69) is 69.2 Å². The van der Waals surface area contributed by atoms with Gasteiger partial charge in [0.05, 0.1) is 30.8 Å². The minimum absolute atomic E-state index is 0.171. The molecule has 2 aromatic carbocycles. The molecule has 1 fully saturated rings. The van der Waals surface area contributed by atoms with Crippen LogP contribution in [0.1, 0.15) is 29.7 Å². The average molecular weight is 457 g/mol. The first-order valence-corrected chi connectivity index (χ1v) is 11.7. The van der Waals surface area contributed by atoms with Crippen molar-refractivity contribution in [2.45, 2.75) is 38.8 Å². The lowest BCUT2D eigenvalue weighted by Crippen LogP contribution is -2.55. The Bertz CT molecular complexity index is 1260. The number of carboxylic acid groups (broad SMARTS) is 1. The van der Waals surface area contributed by atoms with Crippen LogP contribution in [0.25, 0.3) is 10.8 Å². The molecule has 1 aromatic heterocycles. The van der Waals surface area contributed by atoms with Crippen molar-refractivity contribution in [3.63, 3.8) is 0 Å². The molecule has 8 nitrogen and oxygen atoms in total. The molecule has 174 valence electrons. The maximum absolute atomic E-state index is 11.6. The molecule has 3 heterocycles. The van der Waals surface area contributed by atoms with E-state index in [1.54, 1.807) is 6.33 Å². The van der Waals surface area contributed by atoms with Gasteiger partial charge in [-0.25, -0.2) is 14.8 Å². The summed E-state index contributed by atoms with van der Waals surface area (Å²) in [6.07, 6.45) is 2.67. The Kier molecular flexibility index (Phi) is 5.93. The van der Waals surface area contributed by atoms with E-state index in [-0.39, 0.29) is 12.5 Å². The standard InChI is InChI=1S/C26H28N6O2/c1-18-5-2-6-19-7-3-9-23(24(18)19)30-12-4-8-21-22(16-30)28-17-29-25(21)31-13-14-32(26(33)34)20(15-31)10-11-27/h2-3,5-7,9,17,20H,4,8,10,12-16H2,1H3,(H,33,34)/t20-/m0/s1. The molecule has 0 saturated carbocycles. The second-order valence-corrected chi connectivity index (χ2v) is 9.04. The van der Waals surface area contributed by atoms with Gasteiger partial charge in [0.1, 0.15) is 12.1 Å². The van der Waals surface area contributed by atoms with Crippen molar-refractivity contribution in [1.82, 2.24) is 14.9 Å². The second-order valence-electron chi connectivity index (χ2n) is 9.04. The number of amides is 1. The van der Waals surface area contributed by atoms with E-state index in [1.807, 2.05) is 0 Å².